The van der Waals surface area contributed by atoms with Crippen LogP contribution in [0.2, 0.25) is 0 Å². The number of nitrogens with zero attached hydrogens (tertiary/aromatic N) is 1. The van der Waals surface area contributed by atoms with E-state index in [1.54, 1.807) is 19.4 Å². The quantitative estimate of drug-likeness (QED) is 0.719. The van der Waals surface area contributed by atoms with Crippen molar-refractivity contribution in [1.82, 2.24) is 4.90 Å². The molecule has 1 aliphatic rings. The molecule has 0 spiro atoms. The van der Waals surface area contributed by atoms with Crippen LogP contribution in [0, 0.1) is 0 Å². The summed E-state index contributed by atoms with van der Waals surface area (Å²) < 4.78 is 10.3. The molecular formula is C16H15NO4S2. The van der Waals surface area contributed by atoms with Crippen LogP contribution in [0.3, 0.4) is 0 Å². The molecule has 0 fully saturated rings. The third-order valence-corrected chi connectivity index (χ3v) is 5.33. The highest BCUT2D eigenvalue weighted by atomic mass is 32.2. The number of hydrogen-bond acceptors (Lipinski definition) is 6. The predicted molar refractivity (Wildman–Crippen MR) is 89.8 cm³/mol. The maximum atomic E-state index is 12.7. The number of carbonyl (C=O) groups excluding carboxylic acids is 2. The maximum Gasteiger partial charge on any atom is 0.268 e. The summed E-state index contributed by atoms with van der Waals surface area (Å²) in [6.45, 7) is 0.583. The van der Waals surface area contributed by atoms with E-state index in [0.717, 1.165) is 10.6 Å². The van der Waals surface area contributed by atoms with Crippen LogP contribution in [-0.4, -0.2) is 37.0 Å². The van der Waals surface area contributed by atoms with Gasteiger partial charge in [-0.1, -0.05) is 6.07 Å². The molecule has 120 valence electrons. The van der Waals surface area contributed by atoms with E-state index in [1.807, 2.05) is 23.6 Å². The Kier molecular flexibility index (Phi) is 5.00. The summed E-state index contributed by atoms with van der Waals surface area (Å²) in [7, 11) is 1.55. The number of ether oxygens (including phenoxy) is 1. The van der Waals surface area contributed by atoms with E-state index in [4.69, 9.17) is 9.15 Å². The molecule has 2 aromatic rings. The normalized spacial score (nSPS) is 15.1. The van der Waals surface area contributed by atoms with Gasteiger partial charge in [-0.15, -0.1) is 23.1 Å². The maximum absolute atomic E-state index is 12.7. The molecule has 0 atom stereocenters. The van der Waals surface area contributed by atoms with Crippen molar-refractivity contribution in [2.45, 2.75) is 5.75 Å². The topological polar surface area (TPSA) is 59.8 Å². The lowest BCUT2D eigenvalue weighted by molar-refractivity contribution is -0.137. The second kappa shape index (κ2) is 7.16. The average molecular weight is 349 g/mol. The Balaban J connectivity index is 1.88. The molecular weight excluding hydrogens is 334 g/mol. The molecule has 0 bridgehead atoms. The summed E-state index contributed by atoms with van der Waals surface area (Å²) in [6, 6.07) is 7.38. The van der Waals surface area contributed by atoms with Crippen LogP contribution in [0.1, 0.15) is 10.6 Å². The van der Waals surface area contributed by atoms with Gasteiger partial charge >= 0.3 is 0 Å². The Morgan fingerprint density at radius 1 is 1.26 bits per heavy atom. The van der Waals surface area contributed by atoms with E-state index in [2.05, 4.69) is 0 Å². The monoisotopic (exact) mass is 349 g/mol. The van der Waals surface area contributed by atoms with Crippen molar-refractivity contribution in [3.05, 3.63) is 51.5 Å². The largest absolute Gasteiger partial charge is 0.468 e. The lowest BCUT2D eigenvalue weighted by Crippen LogP contribution is -2.34. The van der Waals surface area contributed by atoms with Gasteiger partial charge in [0.05, 0.1) is 35.6 Å². The van der Waals surface area contributed by atoms with E-state index in [-0.39, 0.29) is 18.4 Å². The van der Waals surface area contributed by atoms with Gasteiger partial charge in [0.25, 0.3) is 11.8 Å². The van der Waals surface area contributed by atoms with Gasteiger partial charge in [0.1, 0.15) is 5.76 Å². The van der Waals surface area contributed by atoms with E-state index >= 15 is 0 Å². The van der Waals surface area contributed by atoms with Gasteiger partial charge in [-0.05, 0) is 23.6 Å². The number of amides is 2. The number of thiophene rings is 1. The van der Waals surface area contributed by atoms with Crippen molar-refractivity contribution in [3.63, 3.8) is 0 Å². The van der Waals surface area contributed by atoms with Gasteiger partial charge in [-0.3, -0.25) is 14.5 Å². The molecule has 0 radical (unpaired) electrons. The molecule has 0 saturated heterocycles. The summed E-state index contributed by atoms with van der Waals surface area (Å²) in [4.78, 5) is 27.8. The van der Waals surface area contributed by atoms with Gasteiger partial charge in [-0.25, -0.2) is 0 Å². The minimum Gasteiger partial charge on any atom is -0.468 e. The molecule has 1 aliphatic heterocycles. The molecule has 5 nitrogen and oxygen atoms in total. The zero-order chi connectivity index (χ0) is 16.2. The zero-order valence-electron chi connectivity index (χ0n) is 12.5. The lowest BCUT2D eigenvalue weighted by Gasteiger charge is -2.13. The third-order valence-electron chi connectivity index (χ3n) is 3.35. The van der Waals surface area contributed by atoms with Crippen LogP contribution in [0.15, 0.2) is 45.2 Å². The number of methoxy groups -OCH3 is 1. The molecule has 2 amide bonds. The number of carbonyl (C=O) groups is 2. The Bertz CT molecular complexity index is 719. The second-order valence-electron chi connectivity index (χ2n) is 4.80. The van der Waals surface area contributed by atoms with E-state index in [9.17, 15) is 9.59 Å². The Morgan fingerprint density at radius 3 is 2.78 bits per heavy atom. The lowest BCUT2D eigenvalue weighted by atomic mass is 10.2. The summed E-state index contributed by atoms with van der Waals surface area (Å²) in [5, 5.41) is 1.90. The summed E-state index contributed by atoms with van der Waals surface area (Å²) in [5.41, 5.74) is 0.484. The van der Waals surface area contributed by atoms with Crippen LogP contribution in [0.5, 0.6) is 0 Å². The molecule has 0 aliphatic carbocycles. The zero-order valence-corrected chi connectivity index (χ0v) is 14.1. The summed E-state index contributed by atoms with van der Waals surface area (Å²) in [6.07, 6.45) is 1.59. The van der Waals surface area contributed by atoms with E-state index < -0.39 is 0 Å². The minimum absolute atomic E-state index is 0.253. The third kappa shape index (κ3) is 3.26. The number of rotatable bonds is 7. The molecule has 0 unspecified atom stereocenters. The van der Waals surface area contributed by atoms with Crippen LogP contribution in [0.4, 0.5) is 0 Å². The standard InChI is InChI=1S/C16H15NO4S2/c1-20-8-6-17-15(18)13(12-5-3-9-22-12)14(16(17)19)23-10-11-4-2-7-21-11/h2-5,7,9H,6,8,10H2,1H3. The van der Waals surface area contributed by atoms with Gasteiger partial charge in [0.15, 0.2) is 0 Å². The highest BCUT2D eigenvalue weighted by Crippen LogP contribution is 2.38. The van der Waals surface area contributed by atoms with Gasteiger partial charge < -0.3 is 9.15 Å². The first-order valence-electron chi connectivity index (χ1n) is 7.01. The van der Waals surface area contributed by atoms with Crippen LogP contribution >= 0.6 is 23.1 Å². The average Bonchev–Trinajstić information content (AvgIpc) is 3.27. The molecule has 0 saturated carbocycles. The molecule has 3 heterocycles. The summed E-state index contributed by atoms with van der Waals surface area (Å²) in [5.74, 6) is 0.765. The number of imide groups is 1. The number of thioether (sulfide) groups is 1. The van der Waals surface area contributed by atoms with Crippen molar-refractivity contribution >= 4 is 40.5 Å². The van der Waals surface area contributed by atoms with Crippen LogP contribution in [-0.2, 0) is 20.1 Å². The van der Waals surface area contributed by atoms with Crippen molar-refractivity contribution in [2.24, 2.45) is 0 Å². The molecule has 23 heavy (non-hydrogen) atoms. The molecule has 3 rings (SSSR count). The second-order valence-corrected chi connectivity index (χ2v) is 6.74. The fourth-order valence-corrected chi connectivity index (χ4v) is 4.11. The number of furan rings is 1. The van der Waals surface area contributed by atoms with Crippen LogP contribution < -0.4 is 0 Å². The van der Waals surface area contributed by atoms with Crippen molar-refractivity contribution in [1.29, 1.82) is 0 Å². The first-order chi connectivity index (χ1) is 11.2. The first kappa shape index (κ1) is 16.0. The van der Waals surface area contributed by atoms with Crippen LogP contribution in [0.25, 0.3) is 5.57 Å². The highest BCUT2D eigenvalue weighted by Gasteiger charge is 2.39. The van der Waals surface area contributed by atoms with Gasteiger partial charge in [0.2, 0.25) is 0 Å². The number of hydrogen-bond donors (Lipinski definition) is 0. The minimum atomic E-state index is -0.257. The fraction of sp³-hybridized carbons (Fsp3) is 0.250. The molecule has 0 aromatic carbocycles. The Hall–Kier alpha value is -1.83. The first-order valence-corrected chi connectivity index (χ1v) is 8.87. The Labute approximate surface area is 141 Å². The molecule has 0 N–H and O–H groups in total. The van der Waals surface area contributed by atoms with Crippen molar-refractivity contribution in [2.75, 3.05) is 20.3 Å². The van der Waals surface area contributed by atoms with Crippen molar-refractivity contribution in [3.8, 4) is 0 Å². The van der Waals surface area contributed by atoms with Crippen molar-refractivity contribution < 1.29 is 18.7 Å². The van der Waals surface area contributed by atoms with Gasteiger partial charge in [-0.2, -0.15) is 0 Å². The smallest absolute Gasteiger partial charge is 0.268 e. The molecule has 7 heteroatoms. The Morgan fingerprint density at radius 2 is 2.13 bits per heavy atom. The summed E-state index contributed by atoms with van der Waals surface area (Å²) >= 11 is 2.79. The van der Waals surface area contributed by atoms with E-state index in [0.29, 0.717) is 22.8 Å². The van der Waals surface area contributed by atoms with Gasteiger partial charge in [0, 0.05) is 12.0 Å². The SMILES string of the molecule is COCCN1C(=O)C(SCc2ccco2)=C(c2cccs2)C1=O. The van der Waals surface area contributed by atoms with E-state index in [1.165, 1.54) is 28.0 Å². The molecule has 2 aromatic heterocycles. The highest BCUT2D eigenvalue weighted by molar-refractivity contribution is 8.03. The fourth-order valence-electron chi connectivity index (χ4n) is 2.25. The predicted octanol–water partition coefficient (Wildman–Crippen LogP) is 3.00.